The highest BCUT2D eigenvalue weighted by atomic mass is 79.9. The Balaban J connectivity index is 2.87. The van der Waals surface area contributed by atoms with Crippen molar-refractivity contribution in [2.24, 2.45) is 0 Å². The average Bonchev–Trinajstić information content (AvgIpc) is 2.19. The molecule has 82 valence electrons. The van der Waals surface area contributed by atoms with Crippen molar-refractivity contribution in [3.63, 3.8) is 0 Å². The van der Waals surface area contributed by atoms with Gasteiger partial charge in [0, 0.05) is 9.86 Å². The van der Waals surface area contributed by atoms with Crippen LogP contribution in [0.25, 0.3) is 10.9 Å². The quantitative estimate of drug-likeness (QED) is 0.874. The third-order valence-corrected chi connectivity index (χ3v) is 3.10. The lowest BCUT2D eigenvalue weighted by Crippen LogP contribution is -2.00. The van der Waals surface area contributed by atoms with Crippen LogP contribution in [0.3, 0.4) is 0 Å². The van der Waals surface area contributed by atoms with Crippen LogP contribution in [0.2, 0.25) is 5.02 Å². The summed E-state index contributed by atoms with van der Waals surface area (Å²) in [6.07, 6.45) is 0. The number of aryl methyl sites for hydroxylation is 1. The zero-order valence-corrected chi connectivity index (χ0v) is 10.6. The number of pyridine rings is 1. The number of carboxylic acids is 1. The first-order valence-corrected chi connectivity index (χ1v) is 5.66. The summed E-state index contributed by atoms with van der Waals surface area (Å²) in [5.74, 6) is -1.09. The average molecular weight is 301 g/mol. The number of rotatable bonds is 1. The molecule has 1 aromatic heterocycles. The number of hydrogen-bond donors (Lipinski definition) is 1. The van der Waals surface area contributed by atoms with Crippen LogP contribution in [0.5, 0.6) is 0 Å². The summed E-state index contributed by atoms with van der Waals surface area (Å²) in [4.78, 5) is 14.9. The van der Waals surface area contributed by atoms with Crippen LogP contribution >= 0.6 is 27.5 Å². The van der Waals surface area contributed by atoms with E-state index in [0.29, 0.717) is 10.5 Å². The summed E-state index contributed by atoms with van der Waals surface area (Å²) in [5.41, 5.74) is 1.55. The van der Waals surface area contributed by atoms with Crippen LogP contribution in [0, 0.1) is 6.92 Å². The van der Waals surface area contributed by atoms with Crippen LogP contribution in [0.1, 0.15) is 16.1 Å². The van der Waals surface area contributed by atoms with Crippen LogP contribution in [0.4, 0.5) is 0 Å². The van der Waals surface area contributed by atoms with Gasteiger partial charge in [-0.15, -0.1) is 0 Å². The molecule has 0 aliphatic rings. The van der Waals surface area contributed by atoms with Crippen molar-refractivity contribution in [1.29, 1.82) is 0 Å². The second-order valence-electron chi connectivity index (χ2n) is 3.44. The molecule has 0 aliphatic carbocycles. The van der Waals surface area contributed by atoms with Gasteiger partial charge >= 0.3 is 5.97 Å². The van der Waals surface area contributed by atoms with Crippen molar-refractivity contribution in [3.8, 4) is 0 Å². The highest BCUT2D eigenvalue weighted by Crippen LogP contribution is 2.29. The van der Waals surface area contributed by atoms with E-state index in [9.17, 15) is 4.79 Å². The van der Waals surface area contributed by atoms with Gasteiger partial charge in [0.05, 0.1) is 10.5 Å². The fraction of sp³-hybridized carbons (Fsp3) is 0.0909. The predicted octanol–water partition coefficient (Wildman–Crippen LogP) is 3.66. The zero-order chi connectivity index (χ0) is 11.9. The van der Waals surface area contributed by atoms with Crippen LogP contribution in [0.15, 0.2) is 22.7 Å². The van der Waals surface area contributed by atoms with Crippen LogP contribution < -0.4 is 0 Å². The Labute approximate surface area is 105 Å². The molecule has 3 nitrogen and oxygen atoms in total. The Morgan fingerprint density at radius 2 is 2.12 bits per heavy atom. The molecule has 0 radical (unpaired) electrons. The number of nitrogens with zero attached hydrogens (tertiary/aromatic N) is 1. The van der Waals surface area contributed by atoms with Crippen LogP contribution in [-0.2, 0) is 0 Å². The fourth-order valence-corrected chi connectivity index (χ4v) is 2.40. The number of benzene rings is 1. The van der Waals surface area contributed by atoms with E-state index < -0.39 is 5.97 Å². The van der Waals surface area contributed by atoms with E-state index in [4.69, 9.17) is 16.7 Å². The first-order chi connectivity index (χ1) is 7.49. The molecule has 2 aromatic rings. The number of halogens is 2. The van der Waals surface area contributed by atoms with Crippen molar-refractivity contribution in [3.05, 3.63) is 39.0 Å². The lowest BCUT2D eigenvalue weighted by molar-refractivity contribution is 0.0691. The number of carbonyl (C=O) groups is 1. The Morgan fingerprint density at radius 1 is 1.44 bits per heavy atom. The minimum absolute atomic E-state index is 0.0537. The number of aromatic carboxylic acids is 1. The molecule has 1 aromatic carbocycles. The standard InChI is InChI=1S/C11H7BrClNO2/c1-5-2-6-8(13)4-9(11(15)16)14-10(6)7(12)3-5/h2-4H,1H3,(H,15,16). The van der Waals surface area contributed by atoms with E-state index in [1.165, 1.54) is 6.07 Å². The molecule has 1 heterocycles. The molecule has 16 heavy (non-hydrogen) atoms. The predicted molar refractivity (Wildman–Crippen MR) is 66.1 cm³/mol. The molecule has 5 heteroatoms. The topological polar surface area (TPSA) is 50.2 Å². The van der Waals surface area contributed by atoms with Crippen molar-refractivity contribution in [2.75, 3.05) is 0 Å². The zero-order valence-electron chi connectivity index (χ0n) is 8.29. The number of fused-ring (bicyclic) bond motifs is 1. The lowest BCUT2D eigenvalue weighted by Gasteiger charge is -2.05. The van der Waals surface area contributed by atoms with Gasteiger partial charge in [-0.05, 0) is 46.6 Å². The van der Waals surface area contributed by atoms with Crippen molar-refractivity contribution in [2.45, 2.75) is 6.92 Å². The van der Waals surface area contributed by atoms with Gasteiger partial charge in [0.25, 0.3) is 0 Å². The van der Waals surface area contributed by atoms with E-state index in [-0.39, 0.29) is 5.69 Å². The van der Waals surface area contributed by atoms with E-state index >= 15 is 0 Å². The molecule has 0 aliphatic heterocycles. The third kappa shape index (κ3) is 1.90. The van der Waals surface area contributed by atoms with Gasteiger partial charge in [0.15, 0.2) is 0 Å². The second kappa shape index (κ2) is 4.03. The van der Waals surface area contributed by atoms with Gasteiger partial charge in [0.1, 0.15) is 5.69 Å². The molecule has 0 unspecified atom stereocenters. The Morgan fingerprint density at radius 3 is 2.75 bits per heavy atom. The minimum Gasteiger partial charge on any atom is -0.477 e. The molecule has 0 bridgehead atoms. The van der Waals surface area contributed by atoms with Crippen molar-refractivity contribution >= 4 is 44.4 Å². The van der Waals surface area contributed by atoms with E-state index in [0.717, 1.165) is 15.4 Å². The lowest BCUT2D eigenvalue weighted by atomic mass is 10.1. The first-order valence-electron chi connectivity index (χ1n) is 4.48. The van der Waals surface area contributed by atoms with Gasteiger partial charge in [-0.3, -0.25) is 0 Å². The number of aromatic nitrogens is 1. The monoisotopic (exact) mass is 299 g/mol. The Bertz CT molecular complexity index is 598. The molecule has 0 saturated carbocycles. The van der Waals surface area contributed by atoms with E-state index in [1.54, 1.807) is 0 Å². The van der Waals surface area contributed by atoms with Crippen molar-refractivity contribution < 1.29 is 9.90 Å². The Kier molecular flexibility index (Phi) is 2.86. The molecule has 0 fully saturated rings. The molecule has 0 spiro atoms. The number of carboxylic acid groups (broad SMARTS) is 1. The third-order valence-electron chi connectivity index (χ3n) is 2.18. The van der Waals surface area contributed by atoms with Crippen LogP contribution in [-0.4, -0.2) is 16.1 Å². The van der Waals surface area contributed by atoms with Crippen molar-refractivity contribution in [1.82, 2.24) is 4.98 Å². The van der Waals surface area contributed by atoms with E-state index in [2.05, 4.69) is 20.9 Å². The van der Waals surface area contributed by atoms with Gasteiger partial charge in [0.2, 0.25) is 0 Å². The highest BCUT2D eigenvalue weighted by molar-refractivity contribution is 9.10. The second-order valence-corrected chi connectivity index (χ2v) is 4.70. The van der Waals surface area contributed by atoms with Gasteiger partial charge in [-0.2, -0.15) is 0 Å². The maximum Gasteiger partial charge on any atom is 0.354 e. The molecule has 2 rings (SSSR count). The smallest absolute Gasteiger partial charge is 0.354 e. The molecule has 0 saturated heterocycles. The molecular formula is C11H7BrClNO2. The SMILES string of the molecule is Cc1cc(Br)c2nc(C(=O)O)cc(Cl)c2c1. The molecule has 0 atom stereocenters. The summed E-state index contributed by atoms with van der Waals surface area (Å²) in [6.45, 7) is 1.94. The summed E-state index contributed by atoms with van der Waals surface area (Å²) in [5, 5.41) is 10.0. The van der Waals surface area contributed by atoms with Gasteiger partial charge in [-0.25, -0.2) is 9.78 Å². The van der Waals surface area contributed by atoms with Gasteiger partial charge in [-0.1, -0.05) is 11.6 Å². The summed E-state index contributed by atoms with van der Waals surface area (Å²) >= 11 is 9.38. The Hall–Kier alpha value is -1.13. The normalized spacial score (nSPS) is 10.7. The molecular weight excluding hydrogens is 293 g/mol. The molecule has 0 amide bonds. The summed E-state index contributed by atoms with van der Waals surface area (Å²) in [7, 11) is 0. The van der Waals surface area contributed by atoms with E-state index in [1.807, 2.05) is 19.1 Å². The fourth-order valence-electron chi connectivity index (χ4n) is 1.49. The minimum atomic E-state index is -1.09. The largest absolute Gasteiger partial charge is 0.477 e. The maximum absolute atomic E-state index is 10.8. The first kappa shape index (κ1) is 11.4. The maximum atomic E-state index is 10.8. The van der Waals surface area contributed by atoms with Gasteiger partial charge < -0.3 is 5.11 Å². The summed E-state index contributed by atoms with van der Waals surface area (Å²) in [6, 6.07) is 5.11. The summed E-state index contributed by atoms with van der Waals surface area (Å²) < 4.78 is 0.743. The molecule has 1 N–H and O–H groups in total. The highest BCUT2D eigenvalue weighted by Gasteiger charge is 2.12. The number of hydrogen-bond acceptors (Lipinski definition) is 2.